The van der Waals surface area contributed by atoms with Crippen molar-refractivity contribution in [3.05, 3.63) is 94.7 Å². The zero-order chi connectivity index (χ0) is 38.1. The van der Waals surface area contributed by atoms with Gasteiger partial charge in [0, 0.05) is 42.4 Å². The molecular weight excluding hydrogens is 686 g/mol. The fraction of sp³-hybridized carbons (Fsp3) is 0.476. The fourth-order valence-corrected chi connectivity index (χ4v) is 7.49. The lowest BCUT2D eigenvalue weighted by Gasteiger charge is -2.51. The van der Waals surface area contributed by atoms with E-state index in [0.29, 0.717) is 36.8 Å². The van der Waals surface area contributed by atoms with E-state index in [1.54, 1.807) is 18.2 Å². The molecule has 7 rings (SSSR count). The van der Waals surface area contributed by atoms with Crippen LogP contribution < -0.4 is 15.8 Å². The van der Waals surface area contributed by atoms with E-state index >= 15 is 0 Å². The lowest BCUT2D eigenvalue weighted by atomic mass is 9.69. The zero-order valence-corrected chi connectivity index (χ0v) is 31.7. The van der Waals surface area contributed by atoms with Crippen LogP contribution in [0.3, 0.4) is 0 Å². The average molecular weight is 736 g/mol. The summed E-state index contributed by atoms with van der Waals surface area (Å²) in [5.74, 6) is 0.804. The van der Waals surface area contributed by atoms with Crippen LogP contribution in [0.5, 0.6) is 5.88 Å². The van der Waals surface area contributed by atoms with E-state index in [0.717, 1.165) is 74.5 Å². The van der Waals surface area contributed by atoms with Crippen LogP contribution in [0.1, 0.15) is 86.4 Å². The molecule has 4 aromatic rings. The van der Waals surface area contributed by atoms with Crippen LogP contribution in [0.4, 0.5) is 4.39 Å². The van der Waals surface area contributed by atoms with Gasteiger partial charge in [-0.1, -0.05) is 18.2 Å². The highest BCUT2D eigenvalue weighted by molar-refractivity contribution is 5.97. The van der Waals surface area contributed by atoms with Gasteiger partial charge in [-0.05, 0) is 101 Å². The summed E-state index contributed by atoms with van der Waals surface area (Å²) in [6, 6.07) is 17.7. The Labute approximate surface area is 316 Å². The van der Waals surface area contributed by atoms with Gasteiger partial charge in [-0.25, -0.2) is 14.4 Å². The number of fused-ring (bicyclic) bond motifs is 1. The number of carbonyl (C=O) groups is 1. The first kappa shape index (κ1) is 37.6. The maximum absolute atomic E-state index is 14.4. The number of rotatable bonds is 14. The van der Waals surface area contributed by atoms with Crippen molar-refractivity contribution in [2.75, 3.05) is 32.9 Å². The van der Waals surface area contributed by atoms with E-state index in [9.17, 15) is 9.18 Å². The Morgan fingerprint density at radius 2 is 1.94 bits per heavy atom. The van der Waals surface area contributed by atoms with Gasteiger partial charge in [0.25, 0.3) is 5.91 Å². The number of ether oxygens (including phenoxy) is 3. The van der Waals surface area contributed by atoms with Gasteiger partial charge in [0.05, 0.1) is 66.3 Å². The van der Waals surface area contributed by atoms with Gasteiger partial charge in [-0.15, -0.1) is 0 Å². The molecule has 3 N–H and O–H groups in total. The number of carbonyl (C=O) groups excluding carboxylic acids is 1. The van der Waals surface area contributed by atoms with Gasteiger partial charge in [0.1, 0.15) is 18.2 Å². The summed E-state index contributed by atoms with van der Waals surface area (Å²) in [6.45, 7) is 12.7. The smallest absolute Gasteiger partial charge is 0.251 e. The second-order valence-electron chi connectivity index (χ2n) is 16.6. The van der Waals surface area contributed by atoms with Gasteiger partial charge in [-0.3, -0.25) is 9.69 Å². The molecule has 1 amide bonds. The Morgan fingerprint density at radius 1 is 1.13 bits per heavy atom. The third-order valence-electron chi connectivity index (χ3n) is 10.5. The molecule has 1 aliphatic carbocycles. The van der Waals surface area contributed by atoms with Gasteiger partial charge >= 0.3 is 0 Å². The standard InChI is InChI=1S/C42H50FN7O4/c1-40(2,45)26-52-27-41(3,4)48-39(51)30-10-11-35-36(19-30)50(21-32-14-17-53-32)37(46-35)22-49-24-42(25-49)15-12-29(13-16-42)34-6-5-7-38(47-34)54-23-31-9-8-28(20-44)18-33(31)43/h5-12,18-19,32H,13-17,21-27,45H2,1-4H3,(H,48,51). The van der Waals surface area contributed by atoms with Gasteiger partial charge in [0.15, 0.2) is 0 Å². The summed E-state index contributed by atoms with van der Waals surface area (Å²) in [5, 5.41) is 12.1. The molecule has 284 valence electrons. The third-order valence-corrected chi connectivity index (χ3v) is 10.5. The monoisotopic (exact) mass is 735 g/mol. The second-order valence-corrected chi connectivity index (χ2v) is 16.6. The van der Waals surface area contributed by atoms with Crippen molar-refractivity contribution < 1.29 is 23.4 Å². The Bertz CT molecular complexity index is 2090. The minimum Gasteiger partial charge on any atom is -0.473 e. The number of nitrogens with two attached hydrogens (primary N) is 1. The Kier molecular flexibility index (Phi) is 10.6. The van der Waals surface area contributed by atoms with Crippen molar-refractivity contribution in [3.63, 3.8) is 0 Å². The minimum absolute atomic E-state index is 0.0347. The highest BCUT2D eigenvalue weighted by Crippen LogP contribution is 2.45. The maximum Gasteiger partial charge on any atom is 0.251 e. The van der Waals surface area contributed by atoms with Crippen LogP contribution in [0.15, 0.2) is 60.7 Å². The summed E-state index contributed by atoms with van der Waals surface area (Å²) in [6.07, 6.45) is 6.42. The second kappa shape index (κ2) is 15.2. The number of amides is 1. The number of hydrogen-bond acceptors (Lipinski definition) is 9. The molecule has 0 radical (unpaired) electrons. The van der Waals surface area contributed by atoms with Gasteiger partial charge < -0.3 is 29.8 Å². The van der Waals surface area contributed by atoms with Crippen molar-refractivity contribution >= 4 is 22.5 Å². The number of nitrogens with one attached hydrogen (secondary N) is 1. The molecule has 0 bridgehead atoms. The quantitative estimate of drug-likeness (QED) is 0.156. The molecule has 54 heavy (non-hydrogen) atoms. The predicted molar refractivity (Wildman–Crippen MR) is 204 cm³/mol. The average Bonchev–Trinajstić information content (AvgIpc) is 3.43. The summed E-state index contributed by atoms with van der Waals surface area (Å²) < 4.78 is 34.1. The van der Waals surface area contributed by atoms with Crippen LogP contribution in [0, 0.1) is 22.6 Å². The lowest BCUT2D eigenvalue weighted by molar-refractivity contribution is -0.0600. The molecule has 2 aliphatic heterocycles. The SMILES string of the molecule is CC(C)(N)COCC(C)(C)NC(=O)c1ccc2nc(CN3CC4(CC=C(c5cccc(OCc6ccc(C#N)cc6F)n5)CC4)C3)n(CC3CCO3)c2c1. The summed E-state index contributed by atoms with van der Waals surface area (Å²) in [5.41, 5.74) is 10.4. The van der Waals surface area contributed by atoms with Crippen molar-refractivity contribution in [2.45, 2.75) is 90.3 Å². The normalized spacial score (nSPS) is 18.5. The number of nitriles is 1. The molecule has 2 aromatic carbocycles. The fourth-order valence-electron chi connectivity index (χ4n) is 7.49. The number of nitrogens with zero attached hydrogens (tertiary/aromatic N) is 5. The predicted octanol–water partition coefficient (Wildman–Crippen LogP) is 6.14. The molecule has 3 aliphatic rings. The van der Waals surface area contributed by atoms with E-state index in [1.807, 2.05) is 64.1 Å². The molecule has 2 aromatic heterocycles. The summed E-state index contributed by atoms with van der Waals surface area (Å²) in [4.78, 5) is 25.7. The van der Waals surface area contributed by atoms with E-state index in [2.05, 4.69) is 20.9 Å². The van der Waals surface area contributed by atoms with E-state index in [-0.39, 0.29) is 29.6 Å². The number of imidazole rings is 1. The molecule has 4 heterocycles. The third kappa shape index (κ3) is 8.82. The largest absolute Gasteiger partial charge is 0.473 e. The number of aromatic nitrogens is 3. The van der Waals surface area contributed by atoms with Gasteiger partial charge in [0.2, 0.25) is 5.88 Å². The highest BCUT2D eigenvalue weighted by atomic mass is 19.1. The lowest BCUT2D eigenvalue weighted by Crippen LogP contribution is -2.56. The number of allylic oxidation sites excluding steroid dienone is 2. The molecule has 12 heteroatoms. The first-order chi connectivity index (χ1) is 25.8. The topological polar surface area (TPSA) is 141 Å². The van der Waals surface area contributed by atoms with Crippen molar-refractivity contribution in [1.29, 1.82) is 5.26 Å². The van der Waals surface area contributed by atoms with Crippen molar-refractivity contribution in [3.8, 4) is 11.9 Å². The summed E-state index contributed by atoms with van der Waals surface area (Å²) in [7, 11) is 0. The van der Waals surface area contributed by atoms with E-state index < -0.39 is 16.9 Å². The highest BCUT2D eigenvalue weighted by Gasteiger charge is 2.44. The molecular formula is C42H50FN7O4. The number of benzene rings is 2. The van der Waals surface area contributed by atoms with E-state index in [1.165, 1.54) is 11.6 Å². The van der Waals surface area contributed by atoms with Crippen molar-refractivity contribution in [2.24, 2.45) is 11.1 Å². The molecule has 1 unspecified atom stereocenters. The van der Waals surface area contributed by atoms with Crippen LogP contribution >= 0.6 is 0 Å². The molecule has 11 nitrogen and oxygen atoms in total. The van der Waals surface area contributed by atoms with Crippen LogP contribution in [0.2, 0.25) is 0 Å². The number of pyridine rings is 1. The zero-order valence-electron chi connectivity index (χ0n) is 31.7. The summed E-state index contributed by atoms with van der Waals surface area (Å²) >= 11 is 0. The van der Waals surface area contributed by atoms with E-state index in [4.69, 9.17) is 35.2 Å². The number of halogens is 1. The molecule has 1 atom stereocenters. The van der Waals surface area contributed by atoms with Crippen LogP contribution in [-0.4, -0.2) is 75.4 Å². The molecule has 1 spiro atoms. The van der Waals surface area contributed by atoms with Crippen LogP contribution in [-0.2, 0) is 29.2 Å². The maximum atomic E-state index is 14.4. The first-order valence-electron chi connectivity index (χ1n) is 18.8. The Morgan fingerprint density at radius 3 is 2.63 bits per heavy atom. The number of likely N-dealkylation sites (tertiary alicyclic amines) is 1. The van der Waals surface area contributed by atoms with Crippen LogP contribution in [0.25, 0.3) is 16.6 Å². The molecule has 2 saturated heterocycles. The molecule has 2 fully saturated rings. The van der Waals surface area contributed by atoms with Gasteiger partial charge in [-0.2, -0.15) is 5.26 Å². The number of hydrogen-bond donors (Lipinski definition) is 2. The van der Waals surface area contributed by atoms with Crippen molar-refractivity contribution in [1.82, 2.24) is 24.8 Å². The Balaban J connectivity index is 0.977. The minimum atomic E-state index is -0.574. The first-order valence-corrected chi connectivity index (χ1v) is 18.8. The molecule has 0 saturated carbocycles. The Hall–Kier alpha value is -4.67.